The molecular formula is C21H24ClN3S. The van der Waals surface area contributed by atoms with Crippen LogP contribution in [0.3, 0.4) is 0 Å². The highest BCUT2D eigenvalue weighted by Gasteiger charge is 2.23. The minimum absolute atomic E-state index is 0. The average Bonchev–Trinajstić information content (AvgIpc) is 2.93. The fourth-order valence-corrected chi connectivity index (χ4v) is 4.69. The summed E-state index contributed by atoms with van der Waals surface area (Å²) in [6.07, 6.45) is 7.15. The van der Waals surface area contributed by atoms with Gasteiger partial charge in [-0.15, -0.1) is 30.7 Å². The lowest BCUT2D eigenvalue weighted by Gasteiger charge is -2.30. The van der Waals surface area contributed by atoms with Gasteiger partial charge in [0.25, 0.3) is 0 Å². The zero-order chi connectivity index (χ0) is 17.4. The van der Waals surface area contributed by atoms with Crippen LogP contribution in [0.15, 0.2) is 54.1 Å². The quantitative estimate of drug-likeness (QED) is 0.452. The number of aromatic nitrogens is 2. The molecule has 0 aliphatic carbocycles. The van der Waals surface area contributed by atoms with Gasteiger partial charge in [0.2, 0.25) is 0 Å². The van der Waals surface area contributed by atoms with Crippen molar-refractivity contribution in [3.05, 3.63) is 66.0 Å². The van der Waals surface area contributed by atoms with Gasteiger partial charge in [0.05, 0.1) is 5.52 Å². The molecule has 1 aliphatic rings. The lowest BCUT2D eigenvalue weighted by Crippen LogP contribution is -2.31. The van der Waals surface area contributed by atoms with Gasteiger partial charge in [-0.1, -0.05) is 30.3 Å². The second-order valence-electron chi connectivity index (χ2n) is 6.49. The number of fused-ring (bicyclic) bond motifs is 2. The van der Waals surface area contributed by atoms with E-state index in [-0.39, 0.29) is 12.4 Å². The monoisotopic (exact) mass is 385 g/mol. The number of hydrogen-bond donors (Lipinski definition) is 0. The number of hydrogen-bond acceptors (Lipinski definition) is 3. The standard InChI is InChI=1S/C21H23N3S.ClH/c1-4-12-24-15(2)20(25-3)18-9-11-22-21(19(18)24)23-13-10-16-7-5-6-8-17(16)14-23;/h4-9,11H,1,10,12-14H2,2-3H3;1H. The summed E-state index contributed by atoms with van der Waals surface area (Å²) in [5.41, 5.74) is 5.42. The molecule has 2 aromatic heterocycles. The van der Waals surface area contributed by atoms with E-state index < -0.39 is 0 Å². The van der Waals surface area contributed by atoms with E-state index in [9.17, 15) is 0 Å². The van der Waals surface area contributed by atoms with Crippen molar-refractivity contribution in [1.82, 2.24) is 9.55 Å². The van der Waals surface area contributed by atoms with Crippen molar-refractivity contribution in [2.75, 3.05) is 17.7 Å². The van der Waals surface area contributed by atoms with Gasteiger partial charge < -0.3 is 9.47 Å². The molecule has 136 valence electrons. The Balaban J connectivity index is 0.00000196. The van der Waals surface area contributed by atoms with E-state index in [1.165, 1.54) is 32.6 Å². The SMILES string of the molecule is C=CCn1c(C)c(SC)c2ccnc(N3CCc4ccccc4C3)c21.Cl. The Morgan fingerprint density at radius 1 is 1.23 bits per heavy atom. The van der Waals surface area contributed by atoms with Crippen molar-refractivity contribution in [2.45, 2.75) is 31.3 Å². The van der Waals surface area contributed by atoms with Crippen molar-refractivity contribution in [3.63, 3.8) is 0 Å². The summed E-state index contributed by atoms with van der Waals surface area (Å²) in [7, 11) is 0. The predicted octanol–water partition coefficient (Wildman–Crippen LogP) is 5.24. The van der Waals surface area contributed by atoms with E-state index in [1.807, 2.05) is 24.0 Å². The molecule has 26 heavy (non-hydrogen) atoms. The zero-order valence-electron chi connectivity index (χ0n) is 15.2. The fourth-order valence-electron chi connectivity index (χ4n) is 3.90. The van der Waals surface area contributed by atoms with Gasteiger partial charge in [-0.3, -0.25) is 0 Å². The van der Waals surface area contributed by atoms with Crippen LogP contribution in [0.1, 0.15) is 16.8 Å². The lowest BCUT2D eigenvalue weighted by molar-refractivity contribution is 0.718. The number of benzene rings is 1. The smallest absolute Gasteiger partial charge is 0.153 e. The van der Waals surface area contributed by atoms with E-state index in [0.29, 0.717) is 0 Å². The molecule has 0 radical (unpaired) electrons. The van der Waals surface area contributed by atoms with Gasteiger partial charge >= 0.3 is 0 Å². The highest BCUT2D eigenvalue weighted by atomic mass is 35.5. The third kappa shape index (κ3) is 3.01. The molecule has 3 aromatic rings. The van der Waals surface area contributed by atoms with E-state index in [4.69, 9.17) is 4.98 Å². The Kier molecular flexibility index (Phi) is 5.64. The third-order valence-electron chi connectivity index (χ3n) is 5.10. The summed E-state index contributed by atoms with van der Waals surface area (Å²) in [4.78, 5) is 8.57. The molecule has 0 saturated carbocycles. The molecule has 0 atom stereocenters. The largest absolute Gasteiger partial charge is 0.350 e. The van der Waals surface area contributed by atoms with Crippen molar-refractivity contribution in [2.24, 2.45) is 0 Å². The molecular weight excluding hydrogens is 362 g/mol. The van der Waals surface area contributed by atoms with Crippen LogP contribution in [-0.4, -0.2) is 22.4 Å². The highest BCUT2D eigenvalue weighted by molar-refractivity contribution is 7.98. The fraction of sp³-hybridized carbons (Fsp3) is 0.286. The molecule has 0 N–H and O–H groups in total. The summed E-state index contributed by atoms with van der Waals surface area (Å²) < 4.78 is 2.36. The molecule has 0 bridgehead atoms. The lowest BCUT2D eigenvalue weighted by atomic mass is 10.00. The van der Waals surface area contributed by atoms with Crippen LogP contribution in [0, 0.1) is 6.92 Å². The summed E-state index contributed by atoms with van der Waals surface area (Å²) in [5.74, 6) is 1.09. The number of pyridine rings is 1. The minimum atomic E-state index is 0. The average molecular weight is 386 g/mol. The van der Waals surface area contributed by atoms with Crippen LogP contribution in [0.25, 0.3) is 10.9 Å². The molecule has 0 fully saturated rings. The number of anilines is 1. The topological polar surface area (TPSA) is 21.1 Å². The summed E-state index contributed by atoms with van der Waals surface area (Å²) in [5, 5.41) is 1.30. The number of allylic oxidation sites excluding steroid dienone is 1. The van der Waals surface area contributed by atoms with Gasteiger partial charge in [-0.25, -0.2) is 4.98 Å². The molecule has 0 unspecified atom stereocenters. The maximum absolute atomic E-state index is 4.80. The van der Waals surface area contributed by atoms with E-state index in [1.54, 1.807) is 0 Å². The molecule has 0 spiro atoms. The van der Waals surface area contributed by atoms with Crippen LogP contribution in [0.4, 0.5) is 5.82 Å². The maximum atomic E-state index is 4.80. The first kappa shape index (κ1) is 18.9. The first-order chi connectivity index (χ1) is 12.2. The molecule has 0 saturated heterocycles. The minimum Gasteiger partial charge on any atom is -0.350 e. The van der Waals surface area contributed by atoms with Gasteiger partial charge in [-0.05, 0) is 36.8 Å². The molecule has 1 aromatic carbocycles. The van der Waals surface area contributed by atoms with Crippen molar-refractivity contribution >= 4 is 40.9 Å². The molecule has 3 heterocycles. The third-order valence-corrected chi connectivity index (χ3v) is 6.02. The Morgan fingerprint density at radius 3 is 2.73 bits per heavy atom. The van der Waals surface area contributed by atoms with Crippen molar-refractivity contribution < 1.29 is 0 Å². The summed E-state index contributed by atoms with van der Waals surface area (Å²) in [6, 6.07) is 10.9. The molecule has 5 heteroatoms. The summed E-state index contributed by atoms with van der Waals surface area (Å²) in [6.45, 7) is 8.90. The normalized spacial score (nSPS) is 13.4. The van der Waals surface area contributed by atoms with Gasteiger partial charge in [0.1, 0.15) is 0 Å². The van der Waals surface area contributed by atoms with Gasteiger partial charge in [0, 0.05) is 41.8 Å². The highest BCUT2D eigenvalue weighted by Crippen LogP contribution is 2.37. The van der Waals surface area contributed by atoms with Crippen LogP contribution < -0.4 is 4.90 Å². The number of halogens is 1. The molecule has 1 aliphatic heterocycles. The second kappa shape index (κ2) is 7.77. The zero-order valence-corrected chi connectivity index (χ0v) is 16.9. The first-order valence-corrected chi connectivity index (χ1v) is 9.91. The number of thioether (sulfide) groups is 1. The van der Waals surface area contributed by atoms with E-state index in [2.05, 4.69) is 59.6 Å². The number of rotatable bonds is 4. The Labute approximate surface area is 165 Å². The van der Waals surface area contributed by atoms with Gasteiger partial charge in [-0.2, -0.15) is 0 Å². The molecule has 0 amide bonds. The van der Waals surface area contributed by atoms with E-state index in [0.717, 1.165) is 31.9 Å². The number of nitrogens with zero attached hydrogens (tertiary/aromatic N) is 3. The summed E-state index contributed by atoms with van der Waals surface area (Å²) >= 11 is 1.81. The second-order valence-corrected chi connectivity index (χ2v) is 7.31. The Hall–Kier alpha value is -1.91. The molecule has 4 rings (SSSR count). The maximum Gasteiger partial charge on any atom is 0.153 e. The van der Waals surface area contributed by atoms with Crippen molar-refractivity contribution in [1.29, 1.82) is 0 Å². The van der Waals surface area contributed by atoms with Crippen LogP contribution in [-0.2, 0) is 19.5 Å². The predicted molar refractivity (Wildman–Crippen MR) is 115 cm³/mol. The van der Waals surface area contributed by atoms with Crippen molar-refractivity contribution in [3.8, 4) is 0 Å². The van der Waals surface area contributed by atoms with Crippen LogP contribution >= 0.6 is 24.2 Å². The molecule has 3 nitrogen and oxygen atoms in total. The van der Waals surface area contributed by atoms with Crippen LogP contribution in [0.2, 0.25) is 0 Å². The Morgan fingerprint density at radius 2 is 2.00 bits per heavy atom. The Bertz CT molecular complexity index is 948. The van der Waals surface area contributed by atoms with Crippen LogP contribution in [0.5, 0.6) is 0 Å². The van der Waals surface area contributed by atoms with Gasteiger partial charge in [0.15, 0.2) is 5.82 Å². The first-order valence-electron chi connectivity index (χ1n) is 8.69. The van der Waals surface area contributed by atoms with E-state index >= 15 is 0 Å².